The maximum atomic E-state index is 11.1. The zero-order chi connectivity index (χ0) is 96.8. The van der Waals surface area contributed by atoms with Crippen LogP contribution in [0.25, 0.3) is 0 Å². The lowest BCUT2D eigenvalue weighted by atomic mass is 10.2. The van der Waals surface area contributed by atoms with Crippen molar-refractivity contribution < 1.29 is 171 Å². The number of rotatable bonds is 79. The smallest absolute Gasteiger partial charge is 0.333 e. The van der Waals surface area contributed by atoms with E-state index in [0.717, 1.165) is 24.3 Å². The van der Waals surface area contributed by atoms with Crippen LogP contribution < -0.4 is 4.74 Å². The van der Waals surface area contributed by atoms with E-state index in [1.165, 1.54) is 12.8 Å². The average molecular weight is 1850 g/mol. The lowest BCUT2D eigenvalue weighted by Crippen LogP contribution is -2.15. The second kappa shape index (κ2) is 105. The Kier molecular flexibility index (Phi) is 106. The molecule has 0 aliphatic carbocycles. The molecule has 2 rings (SSSR count). The first kappa shape index (κ1) is 129. The van der Waals surface area contributed by atoms with Gasteiger partial charge in [-0.05, 0) is 72.6 Å². The minimum atomic E-state index is -0.407. The summed E-state index contributed by atoms with van der Waals surface area (Å²) in [6.45, 7) is 58.2. The first-order valence-electron chi connectivity index (χ1n) is 42.7. The summed E-state index contributed by atoms with van der Waals surface area (Å²) in [5.41, 5.74) is 3.74. The number of benzene rings is 2. The molecule has 2 aromatic carbocycles. The normalized spacial score (nSPS) is 10.3. The van der Waals surface area contributed by atoms with Crippen molar-refractivity contribution in [1.82, 2.24) is 0 Å². The minimum Gasteiger partial charge on any atom is -0.491 e. The van der Waals surface area contributed by atoms with Gasteiger partial charge >= 0.3 is 41.8 Å². The number of aliphatic hydroxyl groups is 1. The molecule has 0 spiro atoms. The van der Waals surface area contributed by atoms with Crippen LogP contribution in [-0.2, 0) is 168 Å². The van der Waals surface area contributed by atoms with Crippen LogP contribution in [0.2, 0.25) is 0 Å². The summed E-state index contributed by atoms with van der Waals surface area (Å²) < 4.78 is 143. The van der Waals surface area contributed by atoms with Crippen LogP contribution in [-0.4, -0.2) is 366 Å². The Morgan fingerprint density at radius 1 is 0.233 bits per heavy atom. The van der Waals surface area contributed by atoms with Crippen molar-refractivity contribution in [1.29, 1.82) is 0 Å². The number of unbranched alkanes of at least 4 members (excludes halogenated alkanes) is 2. The molecule has 0 amide bonds. The Morgan fingerprint density at radius 3 is 0.628 bits per heavy atom. The molecular weight excluding hydrogens is 1690 g/mol. The predicted molar refractivity (Wildman–Crippen MR) is 484 cm³/mol. The molecule has 744 valence electrons. The lowest BCUT2D eigenvalue weighted by molar-refractivity contribution is -0.141. The molecule has 0 aromatic heterocycles. The Balaban J connectivity index is -0.000000466. The molecule has 0 unspecified atom stereocenters. The summed E-state index contributed by atoms with van der Waals surface area (Å²) in [6.07, 6.45) is 3.51. The number of ether oxygens (including phenoxy) is 28. The van der Waals surface area contributed by atoms with Crippen LogP contribution in [0.4, 0.5) is 0 Å². The average Bonchev–Trinajstić information content (AvgIpc) is 0.952. The standard InChI is InChI=1S/C16H22O5.C15H28O7.C14H26O7.C13H24O6.C13H24O4.C11H20O5.C11H12O2/c1-14(2)16(17)21-13-11-19-9-8-18-10-12-20-15-6-4-3-5-7-15;1-14(2)15(16)22-13-12-21-11-10-20-9-8-19-7-6-18-5-4-17-3;1-13(2)14(16)21-12-11-20-10-9-19-8-7-18-6-5-17-4-3-15;1-12(2)13(14)19-11-10-18-9-8-17-7-6-16-5-4-15-3;1-4-5-6-7-15-8-9-16-10-11-17-13(14)12(2)3;1-10(2)11(12)16-9-8-15-7-6-14-5-4-13-3;1-9(2)11(12)13-8-10-6-4-3-5-7-10/h3-7H,1,8-13H2,2H3;1,4-13H2,2-3H3;15H,1,3-12H2,2H3;1,4-11H2,2-3H3;2,4-11H2,1,3H3;1,4-9H2,2-3H3;3-7H,1,8H2,2H3. The summed E-state index contributed by atoms with van der Waals surface area (Å²) in [5.74, 6) is -1.87. The Bertz CT molecular complexity index is 3030. The molecule has 2 aromatic rings. The van der Waals surface area contributed by atoms with Crippen LogP contribution in [0.3, 0.4) is 0 Å². The first-order chi connectivity index (χ1) is 62.3. The molecule has 36 heteroatoms. The highest BCUT2D eigenvalue weighted by Gasteiger charge is 2.09. The molecule has 0 saturated heterocycles. The molecule has 0 fully saturated rings. The van der Waals surface area contributed by atoms with Gasteiger partial charge in [0.1, 0.15) is 58.6 Å². The fourth-order valence-electron chi connectivity index (χ4n) is 7.46. The van der Waals surface area contributed by atoms with Gasteiger partial charge < -0.3 is 138 Å². The van der Waals surface area contributed by atoms with Crippen molar-refractivity contribution >= 4 is 41.8 Å². The second-order valence-corrected chi connectivity index (χ2v) is 26.3. The van der Waals surface area contributed by atoms with E-state index < -0.39 is 23.9 Å². The van der Waals surface area contributed by atoms with Crippen LogP contribution in [0.1, 0.15) is 80.2 Å². The molecule has 0 saturated carbocycles. The van der Waals surface area contributed by atoms with Crippen molar-refractivity contribution in [2.75, 3.05) is 319 Å². The Hall–Kier alpha value is -8.13. The predicted octanol–water partition coefficient (Wildman–Crippen LogP) is 9.42. The van der Waals surface area contributed by atoms with E-state index in [0.29, 0.717) is 290 Å². The minimum absolute atomic E-state index is 0.0233. The SMILES string of the molecule is C=C(C)C(=O)OCCOCCOCCCCC.C=C(C)C(=O)OCCOCCOCCOC.C=C(C)C(=O)OCCOCCOCCOCCOC.C=C(C)C(=O)OCCOCCOCCOCCOCCO.C=C(C)C(=O)OCCOCCOCCOCCOCCOC.C=C(C)C(=O)OCCOCCOCCOc1ccccc1.C=C(C)C(=O)OCc1ccccc1. The van der Waals surface area contributed by atoms with E-state index in [1.54, 1.807) is 69.8 Å². The van der Waals surface area contributed by atoms with Crippen molar-refractivity contribution in [3.8, 4) is 5.75 Å². The van der Waals surface area contributed by atoms with Gasteiger partial charge in [0, 0.05) is 66.9 Å². The summed E-state index contributed by atoms with van der Waals surface area (Å²) in [7, 11) is 4.89. The number of hydrogen-bond acceptors (Lipinski definition) is 36. The number of para-hydroxylation sites is 1. The third-order valence-electron chi connectivity index (χ3n) is 14.2. The van der Waals surface area contributed by atoms with Gasteiger partial charge in [0.25, 0.3) is 0 Å². The zero-order valence-corrected chi connectivity index (χ0v) is 79.1. The molecule has 129 heavy (non-hydrogen) atoms. The maximum Gasteiger partial charge on any atom is 0.333 e. The zero-order valence-electron chi connectivity index (χ0n) is 79.1. The monoisotopic (exact) mass is 1850 g/mol. The van der Waals surface area contributed by atoms with Crippen molar-refractivity contribution in [2.45, 2.75) is 81.3 Å². The van der Waals surface area contributed by atoms with E-state index >= 15 is 0 Å². The topological polar surface area (TPSA) is 398 Å². The van der Waals surface area contributed by atoms with E-state index in [-0.39, 0.29) is 64.2 Å². The summed E-state index contributed by atoms with van der Waals surface area (Å²) in [6, 6.07) is 19.1. The summed E-state index contributed by atoms with van der Waals surface area (Å²) in [4.78, 5) is 77.0. The molecule has 0 aliphatic rings. The molecule has 0 bridgehead atoms. The highest BCUT2D eigenvalue weighted by molar-refractivity contribution is 5.89. The van der Waals surface area contributed by atoms with E-state index in [4.69, 9.17) is 138 Å². The summed E-state index contributed by atoms with van der Waals surface area (Å²) >= 11 is 0. The van der Waals surface area contributed by atoms with Crippen molar-refractivity contribution in [2.24, 2.45) is 0 Å². The maximum absolute atomic E-state index is 11.1. The van der Waals surface area contributed by atoms with Crippen LogP contribution in [0, 0.1) is 0 Å². The fourth-order valence-corrected chi connectivity index (χ4v) is 7.46. The lowest BCUT2D eigenvalue weighted by Gasteiger charge is -2.08. The first-order valence-corrected chi connectivity index (χ1v) is 42.7. The number of carbonyl (C=O) groups excluding carboxylic acids is 7. The number of methoxy groups -OCH3 is 3. The van der Waals surface area contributed by atoms with Gasteiger partial charge in [0.15, 0.2) is 0 Å². The fraction of sp³-hybridized carbons (Fsp3) is 0.645. The van der Waals surface area contributed by atoms with Crippen molar-refractivity contribution in [3.05, 3.63) is 151 Å². The van der Waals surface area contributed by atoms with E-state index in [2.05, 4.69) is 53.0 Å². The van der Waals surface area contributed by atoms with Gasteiger partial charge in [-0.3, -0.25) is 0 Å². The second-order valence-electron chi connectivity index (χ2n) is 26.3. The molecule has 0 aliphatic heterocycles. The molecular formula is C93H156O36. The van der Waals surface area contributed by atoms with E-state index in [1.807, 2.05) is 60.7 Å². The molecule has 36 nitrogen and oxygen atoms in total. The quantitative estimate of drug-likeness (QED) is 0.0279. The summed E-state index contributed by atoms with van der Waals surface area (Å²) in [5, 5.41) is 8.47. The van der Waals surface area contributed by atoms with Crippen molar-refractivity contribution in [3.63, 3.8) is 0 Å². The third kappa shape index (κ3) is 109. The van der Waals surface area contributed by atoms with Crippen LogP contribution in [0.15, 0.2) is 146 Å². The molecule has 0 heterocycles. The van der Waals surface area contributed by atoms with Gasteiger partial charge in [-0.2, -0.15) is 0 Å². The van der Waals surface area contributed by atoms with Crippen LogP contribution in [0.5, 0.6) is 5.75 Å². The Labute approximate surface area is 766 Å². The molecule has 0 radical (unpaired) electrons. The molecule has 0 atom stereocenters. The molecule has 1 N–H and O–H groups in total. The van der Waals surface area contributed by atoms with Gasteiger partial charge in [-0.1, -0.05) is 114 Å². The van der Waals surface area contributed by atoms with Gasteiger partial charge in [0.2, 0.25) is 0 Å². The van der Waals surface area contributed by atoms with Gasteiger partial charge in [0.05, 0.1) is 244 Å². The van der Waals surface area contributed by atoms with E-state index in [9.17, 15) is 33.6 Å². The number of carbonyl (C=O) groups is 7. The van der Waals surface area contributed by atoms with Gasteiger partial charge in [-0.15, -0.1) is 0 Å². The number of hydrogen-bond donors (Lipinski definition) is 1. The largest absolute Gasteiger partial charge is 0.491 e. The van der Waals surface area contributed by atoms with Crippen LogP contribution >= 0.6 is 0 Å². The Morgan fingerprint density at radius 2 is 0.419 bits per heavy atom. The number of esters is 7. The van der Waals surface area contributed by atoms with Gasteiger partial charge in [-0.25, -0.2) is 33.6 Å². The highest BCUT2D eigenvalue weighted by atomic mass is 16.6. The highest BCUT2D eigenvalue weighted by Crippen LogP contribution is 2.08. The third-order valence-corrected chi connectivity index (χ3v) is 14.2. The number of aliphatic hydroxyl groups excluding tert-OH is 1.